The topological polar surface area (TPSA) is 89.0 Å². The zero-order valence-electron chi connectivity index (χ0n) is 7.58. The van der Waals surface area contributed by atoms with E-state index in [1.807, 2.05) is 0 Å². The lowest BCUT2D eigenvalue weighted by atomic mass is 10.2. The Morgan fingerprint density at radius 1 is 1.56 bits per heavy atom. The Morgan fingerprint density at radius 3 is 2.62 bits per heavy atom. The van der Waals surface area contributed by atoms with Crippen LogP contribution in [0.25, 0.3) is 0 Å². The Morgan fingerprint density at radius 2 is 2.19 bits per heavy atom. The number of anilines is 1. The van der Waals surface area contributed by atoms with Gasteiger partial charge in [0.25, 0.3) is 0 Å². The summed E-state index contributed by atoms with van der Waals surface area (Å²) in [6.07, 6.45) is -4.07. The summed E-state index contributed by atoms with van der Waals surface area (Å²) in [6.45, 7) is 0. The number of aromatic nitrogens is 1. The molecule has 0 unspecified atom stereocenters. The number of nitrogen functional groups attached to an aromatic ring is 1. The summed E-state index contributed by atoms with van der Waals surface area (Å²) in [7, 11) is 0. The summed E-state index contributed by atoms with van der Waals surface area (Å²) in [5.74, 6) is -0.957. The molecule has 1 aromatic heterocycles. The van der Waals surface area contributed by atoms with Crippen molar-refractivity contribution < 1.29 is 22.7 Å². The number of rotatable bonds is 2. The molecule has 0 bridgehead atoms. The molecular weight excluding hydrogens is 227 g/mol. The summed E-state index contributed by atoms with van der Waals surface area (Å²) in [6, 6.07) is 1.52. The Labute approximate surface area is 87.3 Å². The van der Waals surface area contributed by atoms with Crippen LogP contribution in [0.5, 0.6) is 5.75 Å². The highest BCUT2D eigenvalue weighted by molar-refractivity contribution is 5.82. The van der Waals surface area contributed by atoms with Crippen molar-refractivity contribution in [3.05, 3.63) is 17.5 Å². The van der Waals surface area contributed by atoms with Crippen LogP contribution in [0.4, 0.5) is 18.9 Å². The number of pyridine rings is 1. The molecule has 2 N–H and O–H groups in total. The maximum atomic E-state index is 12.0. The summed E-state index contributed by atoms with van der Waals surface area (Å²) >= 11 is 0. The van der Waals surface area contributed by atoms with Crippen LogP contribution in [0.2, 0.25) is 0 Å². The average Bonchev–Trinajstić information content (AvgIpc) is 2.19. The van der Waals surface area contributed by atoms with Crippen LogP contribution in [0.1, 0.15) is 16.1 Å². The number of hydrogen-bond donors (Lipinski definition) is 1. The first kappa shape index (κ1) is 11.8. The van der Waals surface area contributed by atoms with Crippen molar-refractivity contribution in [2.45, 2.75) is 6.36 Å². The summed E-state index contributed by atoms with van der Waals surface area (Å²) in [4.78, 5) is 13.7. The molecule has 0 amide bonds. The molecule has 0 fully saturated rings. The van der Waals surface area contributed by atoms with Gasteiger partial charge < -0.3 is 10.5 Å². The first-order valence-electron chi connectivity index (χ1n) is 3.78. The minimum atomic E-state index is -5.01. The van der Waals surface area contributed by atoms with Gasteiger partial charge in [-0.1, -0.05) is 0 Å². The smallest absolute Gasteiger partial charge is 0.401 e. The lowest BCUT2D eigenvalue weighted by Crippen LogP contribution is -2.20. The van der Waals surface area contributed by atoms with E-state index >= 15 is 0 Å². The van der Waals surface area contributed by atoms with Gasteiger partial charge in [-0.15, -0.1) is 13.2 Å². The molecule has 84 valence electrons. The number of carbonyl (C=O) groups is 1. The number of aldehydes is 1. The van der Waals surface area contributed by atoms with Gasteiger partial charge in [0.1, 0.15) is 11.8 Å². The first-order valence-corrected chi connectivity index (χ1v) is 3.78. The van der Waals surface area contributed by atoms with E-state index in [0.29, 0.717) is 0 Å². The second-order valence-corrected chi connectivity index (χ2v) is 2.58. The fourth-order valence-electron chi connectivity index (χ4n) is 0.919. The van der Waals surface area contributed by atoms with E-state index in [0.717, 1.165) is 6.20 Å². The molecule has 0 aliphatic rings. The highest BCUT2D eigenvalue weighted by Crippen LogP contribution is 2.32. The van der Waals surface area contributed by atoms with E-state index < -0.39 is 23.5 Å². The molecule has 0 saturated heterocycles. The van der Waals surface area contributed by atoms with Crippen molar-refractivity contribution in [1.29, 1.82) is 5.26 Å². The van der Waals surface area contributed by atoms with Gasteiger partial charge in [0.05, 0.1) is 11.3 Å². The predicted molar refractivity (Wildman–Crippen MR) is 45.4 cm³/mol. The van der Waals surface area contributed by atoms with Crippen LogP contribution in [0.15, 0.2) is 6.20 Å². The van der Waals surface area contributed by atoms with Crippen LogP contribution >= 0.6 is 0 Å². The van der Waals surface area contributed by atoms with E-state index in [1.165, 1.54) is 6.07 Å². The largest absolute Gasteiger partial charge is 0.573 e. The number of nitriles is 1. The number of halogens is 3. The molecule has 5 nitrogen and oxygen atoms in total. The molecule has 0 atom stereocenters. The van der Waals surface area contributed by atoms with Crippen molar-refractivity contribution in [2.75, 3.05) is 5.73 Å². The minimum absolute atomic E-state index is 0.0542. The zero-order chi connectivity index (χ0) is 12.3. The average molecular weight is 231 g/mol. The third kappa shape index (κ3) is 2.38. The van der Waals surface area contributed by atoms with Gasteiger partial charge in [0.15, 0.2) is 12.0 Å². The first-order chi connectivity index (χ1) is 7.39. The Kier molecular flexibility index (Phi) is 2.99. The number of ether oxygens (including phenoxy) is 1. The molecule has 0 aliphatic heterocycles. The van der Waals surface area contributed by atoms with Crippen molar-refractivity contribution in [2.24, 2.45) is 0 Å². The second kappa shape index (κ2) is 4.06. The quantitative estimate of drug-likeness (QED) is 0.773. The molecule has 16 heavy (non-hydrogen) atoms. The maximum absolute atomic E-state index is 12.0. The van der Waals surface area contributed by atoms with Crippen molar-refractivity contribution in [1.82, 2.24) is 4.98 Å². The SMILES string of the molecule is N#Cc1cnc(C=O)c(OC(F)(F)F)c1N. The fourth-order valence-corrected chi connectivity index (χ4v) is 0.919. The van der Waals surface area contributed by atoms with E-state index in [2.05, 4.69) is 9.72 Å². The highest BCUT2D eigenvalue weighted by Gasteiger charge is 2.34. The number of hydrogen-bond acceptors (Lipinski definition) is 5. The van der Waals surface area contributed by atoms with E-state index in [-0.39, 0.29) is 11.8 Å². The van der Waals surface area contributed by atoms with Crippen molar-refractivity contribution in [3.63, 3.8) is 0 Å². The molecule has 0 aromatic carbocycles. The van der Waals surface area contributed by atoms with Crippen LogP contribution < -0.4 is 10.5 Å². The Bertz CT molecular complexity index is 465. The van der Waals surface area contributed by atoms with Gasteiger partial charge in [-0.3, -0.25) is 4.79 Å². The van der Waals surface area contributed by atoms with Crippen LogP contribution in [0, 0.1) is 11.3 Å². The van der Waals surface area contributed by atoms with E-state index in [4.69, 9.17) is 11.0 Å². The summed E-state index contributed by atoms with van der Waals surface area (Å²) in [5.41, 5.74) is 3.74. The van der Waals surface area contributed by atoms with Gasteiger partial charge in [-0.05, 0) is 0 Å². The molecule has 0 saturated carbocycles. The third-order valence-corrected chi connectivity index (χ3v) is 1.55. The molecule has 1 aromatic rings. The number of carbonyl (C=O) groups excluding carboxylic acids is 1. The van der Waals surface area contributed by atoms with Crippen LogP contribution in [-0.4, -0.2) is 17.6 Å². The highest BCUT2D eigenvalue weighted by atomic mass is 19.4. The van der Waals surface area contributed by atoms with Gasteiger partial charge in [-0.2, -0.15) is 5.26 Å². The second-order valence-electron chi connectivity index (χ2n) is 2.58. The normalized spacial score (nSPS) is 10.6. The van der Waals surface area contributed by atoms with Crippen molar-refractivity contribution >= 4 is 12.0 Å². The van der Waals surface area contributed by atoms with Crippen molar-refractivity contribution in [3.8, 4) is 11.8 Å². The predicted octanol–water partition coefficient (Wildman–Crippen LogP) is 1.25. The van der Waals surface area contributed by atoms with Gasteiger partial charge >= 0.3 is 6.36 Å². The summed E-state index contributed by atoms with van der Waals surface area (Å²) in [5, 5.41) is 8.51. The zero-order valence-corrected chi connectivity index (χ0v) is 7.58. The number of nitrogens with zero attached hydrogens (tertiary/aromatic N) is 2. The number of nitrogens with two attached hydrogens (primary N) is 1. The molecule has 8 heteroatoms. The van der Waals surface area contributed by atoms with E-state index in [1.54, 1.807) is 0 Å². The molecule has 0 radical (unpaired) electrons. The number of alkyl halides is 3. The molecule has 1 heterocycles. The van der Waals surface area contributed by atoms with Gasteiger partial charge in [0.2, 0.25) is 0 Å². The summed E-state index contributed by atoms with van der Waals surface area (Å²) < 4.78 is 39.4. The Balaban J connectivity index is 3.34. The Hall–Kier alpha value is -2.30. The fraction of sp³-hybridized carbons (Fsp3) is 0.125. The molecule has 1 rings (SSSR count). The van der Waals surface area contributed by atoms with Crippen LogP contribution in [-0.2, 0) is 0 Å². The molecule has 0 spiro atoms. The molecular formula is C8H4F3N3O2. The van der Waals surface area contributed by atoms with E-state index in [9.17, 15) is 18.0 Å². The van der Waals surface area contributed by atoms with Gasteiger partial charge in [-0.25, -0.2) is 4.98 Å². The van der Waals surface area contributed by atoms with Crippen LogP contribution in [0.3, 0.4) is 0 Å². The minimum Gasteiger partial charge on any atom is -0.401 e. The lowest BCUT2D eigenvalue weighted by Gasteiger charge is -2.12. The molecule has 0 aliphatic carbocycles. The standard InChI is InChI=1S/C8H4F3N3O2/c9-8(10,11)16-7-5(3-15)14-2-4(1-12)6(7)13/h2-3H,(H2,13,14). The van der Waals surface area contributed by atoms with Gasteiger partial charge in [0, 0.05) is 6.20 Å². The maximum Gasteiger partial charge on any atom is 0.573 e. The third-order valence-electron chi connectivity index (χ3n) is 1.55. The lowest BCUT2D eigenvalue weighted by molar-refractivity contribution is -0.274. The monoisotopic (exact) mass is 231 g/mol.